The van der Waals surface area contributed by atoms with Gasteiger partial charge in [-0.1, -0.05) is 18.2 Å². The van der Waals surface area contributed by atoms with Crippen molar-refractivity contribution in [1.29, 1.82) is 0 Å². The highest BCUT2D eigenvalue weighted by Crippen LogP contribution is 2.25. The van der Waals surface area contributed by atoms with Gasteiger partial charge in [-0.3, -0.25) is 4.79 Å². The number of ether oxygens (including phenoxy) is 2. The third kappa shape index (κ3) is 3.08. The van der Waals surface area contributed by atoms with Gasteiger partial charge in [-0.05, 0) is 36.4 Å². The molecule has 1 amide bonds. The van der Waals surface area contributed by atoms with E-state index >= 15 is 0 Å². The van der Waals surface area contributed by atoms with Crippen molar-refractivity contribution in [1.82, 2.24) is 4.98 Å². The van der Waals surface area contributed by atoms with Crippen LogP contribution in [0.15, 0.2) is 54.6 Å². The van der Waals surface area contributed by atoms with Crippen LogP contribution in [0.25, 0.3) is 10.9 Å². The number of anilines is 1. The van der Waals surface area contributed by atoms with Crippen molar-refractivity contribution >= 4 is 22.6 Å². The zero-order valence-electron chi connectivity index (χ0n) is 12.9. The Kier molecular flexibility index (Phi) is 4.10. The van der Waals surface area contributed by atoms with Gasteiger partial charge >= 0.3 is 0 Å². The van der Waals surface area contributed by atoms with Crippen molar-refractivity contribution in [2.45, 2.75) is 0 Å². The van der Waals surface area contributed by atoms with Gasteiger partial charge in [-0.25, -0.2) is 4.98 Å². The number of fused-ring (bicyclic) bond motifs is 1. The van der Waals surface area contributed by atoms with Crippen molar-refractivity contribution in [3.63, 3.8) is 0 Å². The van der Waals surface area contributed by atoms with Gasteiger partial charge in [0.05, 0.1) is 25.3 Å². The fourth-order valence-electron chi connectivity index (χ4n) is 2.31. The largest absolute Gasteiger partial charge is 0.497 e. The number of amides is 1. The first kappa shape index (κ1) is 14.8. The number of carbonyl (C=O) groups is 1. The maximum Gasteiger partial charge on any atom is 0.260 e. The molecule has 23 heavy (non-hydrogen) atoms. The van der Waals surface area contributed by atoms with E-state index < -0.39 is 0 Å². The number of hydrogen-bond donors (Lipinski definition) is 1. The fraction of sp³-hybridized carbons (Fsp3) is 0.111. The topological polar surface area (TPSA) is 60.5 Å². The number of methoxy groups -OCH3 is 2. The van der Waals surface area contributed by atoms with Crippen LogP contribution in [0, 0.1) is 0 Å². The minimum Gasteiger partial charge on any atom is -0.497 e. The number of nitrogens with one attached hydrogen (secondary N) is 1. The number of aromatic nitrogens is 1. The molecule has 1 heterocycles. The van der Waals surface area contributed by atoms with Crippen molar-refractivity contribution in [2.24, 2.45) is 0 Å². The van der Waals surface area contributed by atoms with Crippen LogP contribution >= 0.6 is 0 Å². The Morgan fingerprint density at radius 1 is 1.00 bits per heavy atom. The van der Waals surface area contributed by atoms with E-state index in [-0.39, 0.29) is 5.91 Å². The number of nitrogens with zero attached hydrogens (tertiary/aromatic N) is 1. The Labute approximate surface area is 133 Å². The molecule has 1 aromatic heterocycles. The Hall–Kier alpha value is -3.08. The van der Waals surface area contributed by atoms with Crippen LogP contribution in [0.2, 0.25) is 0 Å². The maximum absolute atomic E-state index is 12.5. The number of pyridine rings is 1. The summed E-state index contributed by atoms with van der Waals surface area (Å²) in [5.41, 5.74) is 1.21. The van der Waals surface area contributed by atoms with Gasteiger partial charge in [0.15, 0.2) is 0 Å². The lowest BCUT2D eigenvalue weighted by Crippen LogP contribution is -2.14. The highest BCUT2D eigenvalue weighted by atomic mass is 16.5. The molecule has 116 valence electrons. The second-order valence-corrected chi connectivity index (χ2v) is 4.91. The van der Waals surface area contributed by atoms with E-state index in [1.807, 2.05) is 30.3 Å². The van der Waals surface area contributed by atoms with E-state index in [0.29, 0.717) is 22.9 Å². The predicted octanol–water partition coefficient (Wildman–Crippen LogP) is 3.50. The van der Waals surface area contributed by atoms with Crippen LogP contribution in [0.1, 0.15) is 10.4 Å². The second kappa shape index (κ2) is 6.36. The van der Waals surface area contributed by atoms with Gasteiger partial charge in [0.1, 0.15) is 17.3 Å². The minimum atomic E-state index is -0.302. The molecule has 0 spiro atoms. The molecule has 0 saturated carbocycles. The second-order valence-electron chi connectivity index (χ2n) is 4.91. The molecule has 0 aliphatic rings. The summed E-state index contributed by atoms with van der Waals surface area (Å²) in [4.78, 5) is 16.9. The summed E-state index contributed by atoms with van der Waals surface area (Å²) in [6, 6.07) is 16.5. The van der Waals surface area contributed by atoms with Crippen molar-refractivity contribution < 1.29 is 14.3 Å². The lowest BCUT2D eigenvalue weighted by atomic mass is 10.1. The normalized spacial score (nSPS) is 10.3. The molecule has 0 aliphatic carbocycles. The van der Waals surface area contributed by atoms with Gasteiger partial charge in [-0.15, -0.1) is 0 Å². The van der Waals surface area contributed by atoms with Crippen LogP contribution in [0.4, 0.5) is 5.82 Å². The molecule has 0 unspecified atom stereocenters. The molecular formula is C18H16N2O3. The lowest BCUT2D eigenvalue weighted by Gasteiger charge is -2.11. The quantitative estimate of drug-likeness (QED) is 0.801. The standard InChI is InChI=1S/C18H16N2O3/c1-22-13-8-9-16(23-2)14(11-13)18(21)20-17-10-7-12-5-3-4-6-15(12)19-17/h3-11H,1-2H3,(H,19,20,21). The van der Waals surface area contributed by atoms with Gasteiger partial charge < -0.3 is 14.8 Å². The molecule has 5 nitrogen and oxygen atoms in total. The Bertz CT molecular complexity index is 862. The van der Waals surface area contributed by atoms with Gasteiger partial charge in [0.25, 0.3) is 5.91 Å². The number of benzene rings is 2. The van der Waals surface area contributed by atoms with E-state index in [4.69, 9.17) is 9.47 Å². The molecule has 0 bridgehead atoms. The van der Waals surface area contributed by atoms with Crippen molar-refractivity contribution in [2.75, 3.05) is 19.5 Å². The summed E-state index contributed by atoms with van der Waals surface area (Å²) in [5, 5.41) is 3.81. The van der Waals surface area contributed by atoms with E-state index in [1.165, 1.54) is 7.11 Å². The Balaban J connectivity index is 1.91. The molecule has 0 saturated heterocycles. The fourth-order valence-corrected chi connectivity index (χ4v) is 2.31. The number of hydrogen-bond acceptors (Lipinski definition) is 4. The molecule has 0 aliphatic heterocycles. The molecule has 3 rings (SSSR count). The first-order valence-electron chi connectivity index (χ1n) is 7.10. The highest BCUT2D eigenvalue weighted by Gasteiger charge is 2.14. The maximum atomic E-state index is 12.5. The van der Waals surface area contributed by atoms with Crippen LogP contribution in [-0.4, -0.2) is 25.1 Å². The molecular weight excluding hydrogens is 292 g/mol. The zero-order valence-corrected chi connectivity index (χ0v) is 12.9. The average Bonchev–Trinajstić information content (AvgIpc) is 2.61. The predicted molar refractivity (Wildman–Crippen MR) is 89.2 cm³/mol. The van der Waals surface area contributed by atoms with Gasteiger partial charge in [-0.2, -0.15) is 0 Å². The van der Waals surface area contributed by atoms with Gasteiger partial charge in [0.2, 0.25) is 0 Å². The molecule has 2 aromatic carbocycles. The molecule has 5 heteroatoms. The summed E-state index contributed by atoms with van der Waals surface area (Å²) in [6.45, 7) is 0. The number of rotatable bonds is 4. The summed E-state index contributed by atoms with van der Waals surface area (Å²) in [7, 11) is 3.07. The third-order valence-electron chi connectivity index (χ3n) is 3.49. The highest BCUT2D eigenvalue weighted by molar-refractivity contribution is 6.06. The van der Waals surface area contributed by atoms with Crippen LogP contribution in [0.3, 0.4) is 0 Å². The minimum absolute atomic E-state index is 0.302. The zero-order chi connectivity index (χ0) is 16.2. The van der Waals surface area contributed by atoms with Gasteiger partial charge in [0, 0.05) is 5.39 Å². The summed E-state index contributed by atoms with van der Waals surface area (Å²) in [5.74, 6) is 1.24. The Morgan fingerprint density at radius 2 is 1.83 bits per heavy atom. The SMILES string of the molecule is COc1ccc(OC)c(C(=O)Nc2ccc3ccccc3n2)c1. The van der Waals surface area contributed by atoms with Crippen molar-refractivity contribution in [3.05, 3.63) is 60.2 Å². The van der Waals surface area contributed by atoms with Crippen LogP contribution in [0.5, 0.6) is 11.5 Å². The summed E-state index contributed by atoms with van der Waals surface area (Å²) in [6.07, 6.45) is 0. The van der Waals surface area contributed by atoms with E-state index in [9.17, 15) is 4.79 Å². The average molecular weight is 308 g/mol. The summed E-state index contributed by atoms with van der Waals surface area (Å²) < 4.78 is 10.4. The third-order valence-corrected chi connectivity index (χ3v) is 3.49. The van der Waals surface area contributed by atoms with Crippen LogP contribution < -0.4 is 14.8 Å². The van der Waals surface area contributed by atoms with E-state index in [0.717, 1.165) is 10.9 Å². The smallest absolute Gasteiger partial charge is 0.260 e. The number of para-hydroxylation sites is 1. The summed E-state index contributed by atoms with van der Waals surface area (Å²) >= 11 is 0. The van der Waals surface area contributed by atoms with Crippen molar-refractivity contribution in [3.8, 4) is 11.5 Å². The molecule has 0 radical (unpaired) electrons. The van der Waals surface area contributed by atoms with E-state index in [1.54, 1.807) is 31.4 Å². The lowest BCUT2D eigenvalue weighted by molar-refractivity contribution is 0.102. The monoisotopic (exact) mass is 308 g/mol. The molecule has 0 fully saturated rings. The van der Waals surface area contributed by atoms with E-state index in [2.05, 4.69) is 10.3 Å². The Morgan fingerprint density at radius 3 is 2.61 bits per heavy atom. The first-order valence-corrected chi connectivity index (χ1v) is 7.10. The van der Waals surface area contributed by atoms with Crippen LogP contribution in [-0.2, 0) is 0 Å². The molecule has 3 aromatic rings. The first-order chi connectivity index (χ1) is 11.2. The molecule has 1 N–H and O–H groups in total. The number of carbonyl (C=O) groups excluding carboxylic acids is 1. The molecule has 0 atom stereocenters.